The molecule has 0 bridgehead atoms. The number of rotatable bonds is 6. The van der Waals surface area contributed by atoms with Crippen LogP contribution >= 0.6 is 15.9 Å². The van der Waals surface area contributed by atoms with Gasteiger partial charge in [-0.3, -0.25) is 9.59 Å². The van der Waals surface area contributed by atoms with E-state index in [2.05, 4.69) is 15.9 Å². The summed E-state index contributed by atoms with van der Waals surface area (Å²) in [5, 5.41) is 19.7. The maximum Gasteiger partial charge on any atom is 0.328 e. The first kappa shape index (κ1) is 17.7. The molecule has 0 radical (unpaired) electrons. The zero-order chi connectivity index (χ0) is 16.2. The van der Waals surface area contributed by atoms with E-state index in [9.17, 15) is 19.8 Å². The zero-order valence-corrected chi connectivity index (χ0v) is 13.8. The third-order valence-corrected chi connectivity index (χ3v) is 4.33. The maximum atomic E-state index is 12.5. The summed E-state index contributed by atoms with van der Waals surface area (Å²) in [5.74, 6) is -3.09. The van der Waals surface area contributed by atoms with Crippen LogP contribution in [0.25, 0.3) is 0 Å². The number of carbonyl (C=O) groups excluding carboxylic acids is 1. The fourth-order valence-electron chi connectivity index (χ4n) is 2.33. The van der Waals surface area contributed by atoms with Crippen molar-refractivity contribution in [2.24, 2.45) is 5.92 Å². The number of aliphatic carboxylic acids is 1. The van der Waals surface area contributed by atoms with Crippen molar-refractivity contribution < 1.29 is 24.5 Å². The Morgan fingerprint density at radius 2 is 1.90 bits per heavy atom. The Hall–Kier alpha value is -1.40. The number of benzene rings is 1. The van der Waals surface area contributed by atoms with Gasteiger partial charge < -0.3 is 14.9 Å². The average molecular weight is 359 g/mol. The van der Waals surface area contributed by atoms with Crippen molar-refractivity contribution in [2.75, 3.05) is 6.61 Å². The first-order valence-electron chi connectivity index (χ1n) is 6.63. The Labute approximate surface area is 132 Å². The Balaban J connectivity index is 3.64. The van der Waals surface area contributed by atoms with Crippen LogP contribution in [-0.4, -0.2) is 34.9 Å². The molecule has 1 rings (SSSR count). The fourth-order valence-corrected chi connectivity index (χ4v) is 2.92. The SMILES string of the molecule is CCOC(=O)C(C(=O)O)(c1ccccc1Br)C(C)C(C)O. The van der Waals surface area contributed by atoms with Gasteiger partial charge in [0.2, 0.25) is 0 Å². The smallest absolute Gasteiger partial charge is 0.328 e. The fraction of sp³-hybridized carbons (Fsp3) is 0.467. The van der Waals surface area contributed by atoms with E-state index in [1.165, 1.54) is 13.8 Å². The number of carboxylic acid groups (broad SMARTS) is 1. The van der Waals surface area contributed by atoms with Crippen molar-refractivity contribution in [3.05, 3.63) is 34.3 Å². The topological polar surface area (TPSA) is 83.8 Å². The van der Waals surface area contributed by atoms with Crippen molar-refractivity contribution in [3.63, 3.8) is 0 Å². The van der Waals surface area contributed by atoms with Gasteiger partial charge in [-0.1, -0.05) is 41.1 Å². The summed E-state index contributed by atoms with van der Waals surface area (Å²) >= 11 is 3.28. The molecule has 0 aliphatic heterocycles. The van der Waals surface area contributed by atoms with Crippen molar-refractivity contribution >= 4 is 27.9 Å². The lowest BCUT2D eigenvalue weighted by molar-refractivity contribution is -0.167. The molecule has 21 heavy (non-hydrogen) atoms. The lowest BCUT2D eigenvalue weighted by atomic mass is 9.69. The summed E-state index contributed by atoms with van der Waals surface area (Å²) in [4.78, 5) is 24.5. The number of aliphatic hydroxyl groups excluding tert-OH is 1. The van der Waals surface area contributed by atoms with E-state index >= 15 is 0 Å². The van der Waals surface area contributed by atoms with Gasteiger partial charge >= 0.3 is 11.9 Å². The standard InChI is InChI=1S/C15H19BrO5/c1-4-21-14(20)15(13(18)19,9(2)10(3)17)11-7-5-6-8-12(11)16/h5-10,17H,4H2,1-3H3,(H,18,19). The maximum absolute atomic E-state index is 12.5. The van der Waals surface area contributed by atoms with Gasteiger partial charge in [0.15, 0.2) is 5.41 Å². The number of halogens is 1. The highest BCUT2D eigenvalue weighted by molar-refractivity contribution is 9.10. The molecular weight excluding hydrogens is 340 g/mol. The Kier molecular flexibility index (Phi) is 5.92. The highest BCUT2D eigenvalue weighted by Gasteiger charge is 2.56. The van der Waals surface area contributed by atoms with Crippen molar-refractivity contribution in [1.82, 2.24) is 0 Å². The zero-order valence-electron chi connectivity index (χ0n) is 12.2. The molecule has 0 fully saturated rings. The molecule has 0 saturated carbocycles. The number of esters is 1. The third kappa shape index (κ3) is 3.11. The third-order valence-electron chi connectivity index (χ3n) is 3.64. The molecule has 0 saturated heterocycles. The minimum Gasteiger partial charge on any atom is -0.480 e. The largest absolute Gasteiger partial charge is 0.480 e. The Bertz CT molecular complexity index is 529. The molecule has 3 atom stereocenters. The molecule has 1 aromatic rings. The average Bonchev–Trinajstić information content (AvgIpc) is 2.41. The predicted octanol–water partition coefficient (Wildman–Crippen LogP) is 2.35. The molecule has 0 spiro atoms. The Morgan fingerprint density at radius 3 is 2.33 bits per heavy atom. The van der Waals surface area contributed by atoms with Crippen molar-refractivity contribution in [1.29, 1.82) is 0 Å². The number of carboxylic acids is 1. The second-order valence-corrected chi connectivity index (χ2v) is 5.70. The molecule has 6 heteroatoms. The van der Waals surface area contributed by atoms with E-state index in [1.807, 2.05) is 0 Å². The van der Waals surface area contributed by atoms with E-state index in [0.29, 0.717) is 4.47 Å². The number of hydrogen-bond donors (Lipinski definition) is 2. The summed E-state index contributed by atoms with van der Waals surface area (Å²) < 4.78 is 5.48. The highest BCUT2D eigenvalue weighted by atomic mass is 79.9. The predicted molar refractivity (Wildman–Crippen MR) is 80.9 cm³/mol. The lowest BCUT2D eigenvalue weighted by Crippen LogP contribution is -2.53. The van der Waals surface area contributed by atoms with Crippen LogP contribution in [0.3, 0.4) is 0 Å². The monoisotopic (exact) mass is 358 g/mol. The molecule has 0 aliphatic rings. The first-order chi connectivity index (χ1) is 9.79. The number of aliphatic hydroxyl groups is 1. The van der Waals surface area contributed by atoms with Crippen LogP contribution in [0.15, 0.2) is 28.7 Å². The van der Waals surface area contributed by atoms with Crippen LogP contribution in [0.4, 0.5) is 0 Å². The van der Waals surface area contributed by atoms with Gasteiger partial charge in [0, 0.05) is 10.4 Å². The summed E-state index contributed by atoms with van der Waals surface area (Å²) in [6.07, 6.45) is -1.00. The second-order valence-electron chi connectivity index (χ2n) is 4.84. The van der Waals surface area contributed by atoms with Gasteiger partial charge in [0.25, 0.3) is 0 Å². The van der Waals surface area contributed by atoms with Crippen molar-refractivity contribution in [3.8, 4) is 0 Å². The molecular formula is C15H19BrO5. The minimum absolute atomic E-state index is 0.0604. The van der Waals surface area contributed by atoms with Gasteiger partial charge in [-0.25, -0.2) is 0 Å². The summed E-state index contributed by atoms with van der Waals surface area (Å²) in [7, 11) is 0. The molecule has 116 valence electrons. The molecule has 1 aromatic carbocycles. The van der Waals surface area contributed by atoms with Gasteiger partial charge in [-0.15, -0.1) is 0 Å². The Morgan fingerprint density at radius 1 is 1.33 bits per heavy atom. The van der Waals surface area contributed by atoms with Crippen LogP contribution in [0.2, 0.25) is 0 Å². The second kappa shape index (κ2) is 7.04. The molecule has 0 aliphatic carbocycles. The lowest BCUT2D eigenvalue weighted by Gasteiger charge is -2.35. The summed E-state index contributed by atoms with van der Waals surface area (Å²) in [5.41, 5.74) is -1.70. The van der Waals surface area contributed by atoms with Crippen LogP contribution in [0.5, 0.6) is 0 Å². The quantitative estimate of drug-likeness (QED) is 0.602. The highest BCUT2D eigenvalue weighted by Crippen LogP contribution is 2.40. The van der Waals surface area contributed by atoms with Crippen molar-refractivity contribution in [2.45, 2.75) is 32.3 Å². The molecule has 2 N–H and O–H groups in total. The van der Waals surface area contributed by atoms with Gasteiger partial charge in [-0.05, 0) is 25.5 Å². The normalized spacial score (nSPS) is 16.6. The number of carbonyl (C=O) groups is 2. The van der Waals surface area contributed by atoms with E-state index in [0.717, 1.165) is 0 Å². The van der Waals surface area contributed by atoms with Crippen LogP contribution < -0.4 is 0 Å². The number of ether oxygens (including phenoxy) is 1. The van der Waals surface area contributed by atoms with E-state index in [4.69, 9.17) is 4.74 Å². The first-order valence-corrected chi connectivity index (χ1v) is 7.43. The molecule has 0 aromatic heterocycles. The summed E-state index contributed by atoms with van der Waals surface area (Å²) in [6, 6.07) is 6.57. The van der Waals surface area contributed by atoms with Gasteiger partial charge in [0.1, 0.15) is 0 Å². The molecule has 0 amide bonds. The van der Waals surface area contributed by atoms with E-state index in [-0.39, 0.29) is 12.2 Å². The van der Waals surface area contributed by atoms with Gasteiger partial charge in [0.05, 0.1) is 12.7 Å². The summed E-state index contributed by atoms with van der Waals surface area (Å²) in [6.45, 7) is 4.65. The van der Waals surface area contributed by atoms with E-state index in [1.54, 1.807) is 31.2 Å². The van der Waals surface area contributed by atoms with Crippen LogP contribution in [0.1, 0.15) is 26.3 Å². The molecule has 3 unspecified atom stereocenters. The van der Waals surface area contributed by atoms with Gasteiger partial charge in [-0.2, -0.15) is 0 Å². The van der Waals surface area contributed by atoms with Crippen LogP contribution in [0, 0.1) is 5.92 Å². The molecule has 5 nitrogen and oxygen atoms in total. The van der Waals surface area contributed by atoms with Crippen LogP contribution in [-0.2, 0) is 19.7 Å². The van der Waals surface area contributed by atoms with E-state index < -0.39 is 29.4 Å². The minimum atomic E-state index is -1.97. The molecule has 0 heterocycles. The number of hydrogen-bond acceptors (Lipinski definition) is 4.